The maximum atomic E-state index is 11.7. The van der Waals surface area contributed by atoms with Crippen molar-refractivity contribution in [1.29, 1.82) is 0 Å². The van der Waals surface area contributed by atoms with E-state index >= 15 is 0 Å². The summed E-state index contributed by atoms with van der Waals surface area (Å²) in [5.74, 6) is 1.28. The first-order valence-electron chi connectivity index (χ1n) is 8.19. The molecule has 1 unspecified atom stereocenters. The van der Waals surface area contributed by atoms with E-state index in [9.17, 15) is 4.79 Å². The second-order valence-electron chi connectivity index (χ2n) is 5.88. The Morgan fingerprint density at radius 2 is 2.12 bits per heavy atom. The van der Waals surface area contributed by atoms with Crippen LogP contribution >= 0.6 is 0 Å². The Labute approximate surface area is 147 Å². The van der Waals surface area contributed by atoms with Gasteiger partial charge in [0.2, 0.25) is 0 Å². The highest BCUT2D eigenvalue weighted by Crippen LogP contribution is 2.27. The van der Waals surface area contributed by atoms with E-state index in [0.717, 1.165) is 23.7 Å². The van der Waals surface area contributed by atoms with Gasteiger partial charge in [-0.1, -0.05) is 12.1 Å². The van der Waals surface area contributed by atoms with Crippen LogP contribution in [0.2, 0.25) is 0 Å². The second kappa shape index (κ2) is 7.53. The first-order chi connectivity index (χ1) is 12.1. The average Bonchev–Trinajstić information content (AvgIpc) is 2.67. The number of carbonyl (C=O) groups is 1. The van der Waals surface area contributed by atoms with E-state index in [4.69, 9.17) is 14.2 Å². The molecule has 1 fully saturated rings. The second-order valence-corrected chi connectivity index (χ2v) is 5.88. The maximum absolute atomic E-state index is 11.7. The van der Waals surface area contributed by atoms with Gasteiger partial charge >= 0.3 is 5.97 Å². The average molecular weight is 342 g/mol. The van der Waals surface area contributed by atoms with Crippen molar-refractivity contribution < 1.29 is 19.0 Å². The number of aryl methyl sites for hydroxylation is 1. The molecule has 1 aliphatic heterocycles. The van der Waals surface area contributed by atoms with Crippen LogP contribution in [0, 0.1) is 6.92 Å². The molecule has 25 heavy (non-hydrogen) atoms. The number of rotatable bonds is 4. The fraction of sp³-hybridized carbons (Fsp3) is 0.368. The largest absolute Gasteiger partial charge is 0.497 e. The van der Waals surface area contributed by atoms with Crippen LogP contribution in [-0.2, 0) is 9.47 Å². The van der Waals surface area contributed by atoms with Crippen LogP contribution in [0.3, 0.4) is 0 Å². The van der Waals surface area contributed by atoms with Crippen molar-refractivity contribution in [3.63, 3.8) is 0 Å². The molecule has 0 aliphatic carbocycles. The predicted molar refractivity (Wildman–Crippen MR) is 94.2 cm³/mol. The summed E-state index contributed by atoms with van der Waals surface area (Å²) < 4.78 is 16.0. The summed E-state index contributed by atoms with van der Waals surface area (Å²) in [6.45, 7) is 3.87. The molecule has 0 radical (unpaired) electrons. The van der Waals surface area contributed by atoms with Crippen LogP contribution in [0.5, 0.6) is 5.75 Å². The highest BCUT2D eigenvalue weighted by molar-refractivity contribution is 5.90. The SMILES string of the molecule is COC(=O)c1ccc(N2CCOC(c3cccc(OC)c3)C2)nc1C. The Morgan fingerprint density at radius 3 is 2.84 bits per heavy atom. The Hall–Kier alpha value is -2.60. The van der Waals surface area contributed by atoms with Crippen LogP contribution in [0.4, 0.5) is 5.82 Å². The maximum Gasteiger partial charge on any atom is 0.339 e. The van der Waals surface area contributed by atoms with Gasteiger partial charge in [0.05, 0.1) is 32.1 Å². The molecule has 6 heteroatoms. The molecule has 132 valence electrons. The lowest BCUT2D eigenvalue weighted by atomic mass is 10.1. The van der Waals surface area contributed by atoms with Crippen molar-refractivity contribution in [3.8, 4) is 5.75 Å². The molecule has 0 spiro atoms. The molecular weight excluding hydrogens is 320 g/mol. The number of aromatic nitrogens is 1. The van der Waals surface area contributed by atoms with Gasteiger partial charge in [0, 0.05) is 13.1 Å². The normalized spacial score (nSPS) is 17.2. The number of methoxy groups -OCH3 is 2. The van der Waals surface area contributed by atoms with Crippen LogP contribution in [0.1, 0.15) is 27.7 Å². The molecule has 1 atom stereocenters. The molecule has 1 aromatic heterocycles. The monoisotopic (exact) mass is 342 g/mol. The number of pyridine rings is 1. The minimum atomic E-state index is -0.368. The molecule has 0 N–H and O–H groups in total. The van der Waals surface area contributed by atoms with E-state index in [1.165, 1.54) is 7.11 Å². The third-order valence-corrected chi connectivity index (χ3v) is 4.33. The van der Waals surface area contributed by atoms with Gasteiger partial charge < -0.3 is 19.1 Å². The number of nitrogens with zero attached hydrogens (tertiary/aromatic N) is 2. The van der Waals surface area contributed by atoms with Crippen molar-refractivity contribution in [2.24, 2.45) is 0 Å². The van der Waals surface area contributed by atoms with Crippen LogP contribution in [0.25, 0.3) is 0 Å². The van der Waals surface area contributed by atoms with Gasteiger partial charge in [0.25, 0.3) is 0 Å². The topological polar surface area (TPSA) is 60.9 Å². The van der Waals surface area contributed by atoms with Crippen molar-refractivity contribution in [2.75, 3.05) is 38.8 Å². The molecule has 0 bridgehead atoms. The van der Waals surface area contributed by atoms with E-state index in [2.05, 4.69) is 9.88 Å². The minimum absolute atomic E-state index is 0.0498. The van der Waals surface area contributed by atoms with E-state index in [1.54, 1.807) is 13.2 Å². The highest BCUT2D eigenvalue weighted by Gasteiger charge is 2.24. The summed E-state index contributed by atoms with van der Waals surface area (Å²) in [7, 11) is 3.03. The molecule has 1 aromatic carbocycles. The van der Waals surface area contributed by atoms with Gasteiger partial charge in [-0.25, -0.2) is 9.78 Å². The summed E-state index contributed by atoms with van der Waals surface area (Å²) in [4.78, 5) is 18.5. The van der Waals surface area contributed by atoms with E-state index in [-0.39, 0.29) is 12.1 Å². The lowest BCUT2D eigenvalue weighted by Crippen LogP contribution is -2.39. The Kier molecular flexibility index (Phi) is 5.19. The van der Waals surface area contributed by atoms with E-state index in [1.807, 2.05) is 37.3 Å². The standard InChI is InChI=1S/C19H22N2O4/c1-13-16(19(22)24-3)7-8-18(20-13)21-9-10-25-17(12-21)14-5-4-6-15(11-14)23-2/h4-8,11,17H,9-10,12H2,1-3H3. The van der Waals surface area contributed by atoms with Crippen molar-refractivity contribution in [2.45, 2.75) is 13.0 Å². The lowest BCUT2D eigenvalue weighted by Gasteiger charge is -2.34. The van der Waals surface area contributed by atoms with Gasteiger partial charge in [-0.2, -0.15) is 0 Å². The predicted octanol–water partition coefficient (Wildman–Crippen LogP) is 2.76. The van der Waals surface area contributed by atoms with Crippen molar-refractivity contribution >= 4 is 11.8 Å². The van der Waals surface area contributed by atoms with Gasteiger partial charge in [0.15, 0.2) is 0 Å². The number of anilines is 1. The molecule has 3 rings (SSSR count). The number of carbonyl (C=O) groups excluding carboxylic acids is 1. The van der Waals surface area contributed by atoms with Crippen LogP contribution in [0.15, 0.2) is 36.4 Å². The highest BCUT2D eigenvalue weighted by atomic mass is 16.5. The summed E-state index contributed by atoms with van der Waals surface area (Å²) in [5.41, 5.74) is 2.23. The number of ether oxygens (including phenoxy) is 3. The summed E-state index contributed by atoms with van der Waals surface area (Å²) in [5, 5.41) is 0. The summed E-state index contributed by atoms with van der Waals surface area (Å²) in [6, 6.07) is 11.5. The fourth-order valence-electron chi connectivity index (χ4n) is 2.95. The van der Waals surface area contributed by atoms with Gasteiger partial charge in [-0.3, -0.25) is 0 Å². The molecule has 0 saturated carbocycles. The molecule has 1 saturated heterocycles. The number of hydrogen-bond acceptors (Lipinski definition) is 6. The van der Waals surface area contributed by atoms with Crippen LogP contribution in [-0.4, -0.2) is 44.9 Å². The van der Waals surface area contributed by atoms with E-state index < -0.39 is 0 Å². The van der Waals surface area contributed by atoms with Crippen LogP contribution < -0.4 is 9.64 Å². The number of benzene rings is 1. The lowest BCUT2D eigenvalue weighted by molar-refractivity contribution is 0.0393. The Balaban J connectivity index is 1.79. The molecular formula is C19H22N2O4. The van der Waals surface area contributed by atoms with Crippen molar-refractivity contribution in [3.05, 3.63) is 53.2 Å². The Morgan fingerprint density at radius 1 is 1.28 bits per heavy atom. The zero-order chi connectivity index (χ0) is 17.8. The summed E-state index contributed by atoms with van der Waals surface area (Å²) in [6.07, 6.45) is -0.0498. The van der Waals surface area contributed by atoms with Gasteiger partial charge in [0.1, 0.15) is 17.7 Å². The molecule has 0 amide bonds. The molecule has 6 nitrogen and oxygen atoms in total. The molecule has 2 heterocycles. The van der Waals surface area contributed by atoms with Crippen molar-refractivity contribution in [1.82, 2.24) is 4.98 Å². The number of hydrogen-bond donors (Lipinski definition) is 0. The third-order valence-electron chi connectivity index (χ3n) is 4.33. The zero-order valence-corrected chi connectivity index (χ0v) is 14.7. The number of morpholine rings is 1. The Bertz CT molecular complexity index is 763. The zero-order valence-electron chi connectivity index (χ0n) is 14.7. The first kappa shape index (κ1) is 17.2. The molecule has 1 aliphatic rings. The smallest absolute Gasteiger partial charge is 0.339 e. The molecule has 2 aromatic rings. The summed E-state index contributed by atoms with van der Waals surface area (Å²) >= 11 is 0. The van der Waals surface area contributed by atoms with Gasteiger partial charge in [-0.15, -0.1) is 0 Å². The first-order valence-corrected chi connectivity index (χ1v) is 8.19. The third kappa shape index (κ3) is 3.74. The fourth-order valence-corrected chi connectivity index (χ4v) is 2.95. The minimum Gasteiger partial charge on any atom is -0.497 e. The quantitative estimate of drug-likeness (QED) is 0.796. The number of esters is 1. The van der Waals surface area contributed by atoms with E-state index in [0.29, 0.717) is 24.4 Å². The van der Waals surface area contributed by atoms with Gasteiger partial charge in [-0.05, 0) is 36.8 Å².